The lowest BCUT2D eigenvalue weighted by Crippen LogP contribution is -2.33. The number of non-ortho nitro benzene ring substituents is 1. The van der Waals surface area contributed by atoms with Crippen molar-refractivity contribution in [3.8, 4) is 0 Å². The van der Waals surface area contributed by atoms with E-state index in [0.717, 1.165) is 31.2 Å². The monoisotopic (exact) mass is 289 g/mol. The van der Waals surface area contributed by atoms with E-state index in [9.17, 15) is 14.9 Å². The first-order valence-electron chi connectivity index (χ1n) is 7.44. The Morgan fingerprint density at radius 1 is 1.33 bits per heavy atom. The van der Waals surface area contributed by atoms with Crippen LogP contribution in [0, 0.1) is 10.1 Å². The van der Waals surface area contributed by atoms with Gasteiger partial charge in [-0.15, -0.1) is 0 Å². The molecule has 1 saturated carbocycles. The minimum atomic E-state index is -0.407. The van der Waals surface area contributed by atoms with Crippen molar-refractivity contribution >= 4 is 11.6 Å². The lowest BCUT2D eigenvalue weighted by molar-refractivity contribution is -0.384. The highest BCUT2D eigenvalue weighted by Crippen LogP contribution is 2.38. The number of nitro benzene ring substituents is 1. The van der Waals surface area contributed by atoms with Crippen molar-refractivity contribution in [2.75, 3.05) is 0 Å². The number of nitro groups is 1. The minimum absolute atomic E-state index is 0.0751. The van der Waals surface area contributed by atoms with Crippen LogP contribution in [0.15, 0.2) is 24.3 Å². The average Bonchev–Trinajstić information content (AvgIpc) is 3.25. The van der Waals surface area contributed by atoms with Crippen LogP contribution in [-0.4, -0.2) is 27.8 Å². The number of carbonyl (C=O) groups is 1. The van der Waals surface area contributed by atoms with E-state index in [-0.39, 0.29) is 23.8 Å². The van der Waals surface area contributed by atoms with E-state index in [1.165, 1.54) is 12.1 Å². The third kappa shape index (κ3) is 2.63. The van der Waals surface area contributed by atoms with Gasteiger partial charge in [0.05, 0.1) is 11.0 Å². The van der Waals surface area contributed by atoms with Gasteiger partial charge in [-0.3, -0.25) is 20.2 Å². The maximum Gasteiger partial charge on any atom is 0.269 e. The number of rotatable bonds is 5. The van der Waals surface area contributed by atoms with Gasteiger partial charge in [-0.2, -0.15) is 0 Å². The van der Waals surface area contributed by atoms with Gasteiger partial charge < -0.3 is 4.90 Å². The number of benzene rings is 1. The molecular formula is C15H19N3O3. The summed E-state index contributed by atoms with van der Waals surface area (Å²) in [4.78, 5) is 24.7. The van der Waals surface area contributed by atoms with Crippen molar-refractivity contribution in [2.45, 2.75) is 50.9 Å². The van der Waals surface area contributed by atoms with Crippen LogP contribution in [0.2, 0.25) is 0 Å². The van der Waals surface area contributed by atoms with Crippen LogP contribution in [0.1, 0.15) is 44.3 Å². The molecule has 112 valence electrons. The number of carbonyl (C=O) groups excluding carboxylic acids is 1. The molecule has 1 aromatic carbocycles. The Labute approximate surface area is 123 Å². The topological polar surface area (TPSA) is 75.5 Å². The van der Waals surface area contributed by atoms with E-state index in [2.05, 4.69) is 12.2 Å². The van der Waals surface area contributed by atoms with Crippen molar-refractivity contribution in [3.05, 3.63) is 39.9 Å². The van der Waals surface area contributed by atoms with E-state index in [1.807, 2.05) is 4.90 Å². The molecule has 1 aromatic rings. The van der Waals surface area contributed by atoms with Crippen LogP contribution in [0.25, 0.3) is 0 Å². The summed E-state index contributed by atoms with van der Waals surface area (Å²) < 4.78 is 0. The maximum atomic E-state index is 12.5. The standard InChI is InChI=1S/C15H19N3O3/c1-2-3-13-15(19)17(11-8-9-11)14(16-13)10-4-6-12(7-5-10)18(20)21/h4-7,11,13-14,16H,2-3,8-9H2,1H3. The highest BCUT2D eigenvalue weighted by atomic mass is 16.6. The van der Waals surface area contributed by atoms with Gasteiger partial charge in [0, 0.05) is 18.2 Å². The van der Waals surface area contributed by atoms with Gasteiger partial charge in [-0.25, -0.2) is 0 Å². The van der Waals surface area contributed by atoms with Crippen molar-refractivity contribution < 1.29 is 9.72 Å². The normalized spacial score (nSPS) is 25.4. The SMILES string of the molecule is CCCC1NC(c2ccc([N+](=O)[O-])cc2)N(C2CC2)C1=O. The summed E-state index contributed by atoms with van der Waals surface area (Å²) in [7, 11) is 0. The second-order valence-corrected chi connectivity index (χ2v) is 5.74. The fraction of sp³-hybridized carbons (Fsp3) is 0.533. The molecule has 1 heterocycles. The zero-order valence-corrected chi connectivity index (χ0v) is 12.0. The van der Waals surface area contributed by atoms with Crippen LogP contribution in [0.5, 0.6) is 0 Å². The lowest BCUT2D eigenvalue weighted by Gasteiger charge is -2.24. The third-order valence-electron chi connectivity index (χ3n) is 4.13. The third-order valence-corrected chi connectivity index (χ3v) is 4.13. The highest BCUT2D eigenvalue weighted by molar-refractivity contribution is 5.85. The average molecular weight is 289 g/mol. The molecule has 6 nitrogen and oxygen atoms in total. The summed E-state index contributed by atoms with van der Waals surface area (Å²) in [5.41, 5.74) is 0.991. The molecule has 1 saturated heterocycles. The summed E-state index contributed by atoms with van der Waals surface area (Å²) >= 11 is 0. The van der Waals surface area contributed by atoms with Gasteiger partial charge in [0.15, 0.2) is 0 Å². The van der Waals surface area contributed by atoms with Crippen LogP contribution in [0.3, 0.4) is 0 Å². The van der Waals surface area contributed by atoms with Gasteiger partial charge >= 0.3 is 0 Å². The zero-order chi connectivity index (χ0) is 15.0. The van der Waals surface area contributed by atoms with Crippen molar-refractivity contribution in [3.63, 3.8) is 0 Å². The van der Waals surface area contributed by atoms with E-state index in [4.69, 9.17) is 0 Å². The first-order valence-corrected chi connectivity index (χ1v) is 7.44. The van der Waals surface area contributed by atoms with E-state index < -0.39 is 4.92 Å². The van der Waals surface area contributed by atoms with Crippen molar-refractivity contribution in [1.29, 1.82) is 0 Å². The Morgan fingerprint density at radius 3 is 2.52 bits per heavy atom. The molecule has 0 bridgehead atoms. The first-order chi connectivity index (χ1) is 10.1. The van der Waals surface area contributed by atoms with Crippen molar-refractivity contribution in [2.24, 2.45) is 0 Å². The molecule has 1 amide bonds. The Hall–Kier alpha value is -1.95. The molecule has 1 N–H and O–H groups in total. The Bertz CT molecular complexity index is 554. The van der Waals surface area contributed by atoms with Gasteiger partial charge in [-0.1, -0.05) is 13.3 Å². The van der Waals surface area contributed by atoms with Crippen LogP contribution >= 0.6 is 0 Å². The Kier molecular flexibility index (Phi) is 3.63. The summed E-state index contributed by atoms with van der Waals surface area (Å²) in [6.45, 7) is 2.07. The minimum Gasteiger partial charge on any atom is -0.319 e. The summed E-state index contributed by atoms with van der Waals surface area (Å²) in [5, 5.41) is 14.1. The van der Waals surface area contributed by atoms with Crippen LogP contribution in [-0.2, 0) is 4.79 Å². The molecule has 3 rings (SSSR count). The predicted octanol–water partition coefficient (Wildman–Crippen LogP) is 2.36. The van der Waals surface area contributed by atoms with Gasteiger partial charge in [0.25, 0.3) is 5.69 Å². The maximum absolute atomic E-state index is 12.5. The number of nitrogens with one attached hydrogen (secondary N) is 1. The summed E-state index contributed by atoms with van der Waals surface area (Å²) in [6.07, 6.45) is 3.73. The number of nitrogens with zero attached hydrogens (tertiary/aromatic N) is 2. The number of amides is 1. The van der Waals surface area contributed by atoms with Crippen LogP contribution in [0.4, 0.5) is 5.69 Å². The molecule has 0 aromatic heterocycles. The molecular weight excluding hydrogens is 270 g/mol. The fourth-order valence-corrected chi connectivity index (χ4v) is 2.92. The van der Waals surface area contributed by atoms with Gasteiger partial charge in [0.2, 0.25) is 5.91 Å². The highest BCUT2D eigenvalue weighted by Gasteiger charge is 2.46. The second kappa shape index (κ2) is 5.44. The molecule has 2 fully saturated rings. The number of hydrogen-bond acceptors (Lipinski definition) is 4. The Morgan fingerprint density at radius 2 is 2.00 bits per heavy atom. The van der Waals surface area contributed by atoms with Gasteiger partial charge in [0.1, 0.15) is 6.17 Å². The smallest absolute Gasteiger partial charge is 0.269 e. The molecule has 2 unspecified atom stereocenters. The molecule has 0 radical (unpaired) electrons. The van der Waals surface area contributed by atoms with E-state index in [0.29, 0.717) is 6.04 Å². The summed E-state index contributed by atoms with van der Waals surface area (Å²) in [6, 6.07) is 6.68. The Balaban J connectivity index is 1.85. The molecule has 1 aliphatic carbocycles. The molecule has 0 spiro atoms. The zero-order valence-electron chi connectivity index (χ0n) is 12.0. The molecule has 2 aliphatic rings. The van der Waals surface area contributed by atoms with E-state index in [1.54, 1.807) is 12.1 Å². The largest absolute Gasteiger partial charge is 0.319 e. The van der Waals surface area contributed by atoms with Crippen molar-refractivity contribution in [1.82, 2.24) is 10.2 Å². The van der Waals surface area contributed by atoms with Gasteiger partial charge in [-0.05, 0) is 37.0 Å². The van der Waals surface area contributed by atoms with E-state index >= 15 is 0 Å². The molecule has 6 heteroatoms. The lowest BCUT2D eigenvalue weighted by atomic mass is 10.1. The fourth-order valence-electron chi connectivity index (χ4n) is 2.92. The first kappa shape index (κ1) is 14.0. The molecule has 21 heavy (non-hydrogen) atoms. The van der Waals surface area contributed by atoms with Crippen LogP contribution < -0.4 is 5.32 Å². The second-order valence-electron chi connectivity index (χ2n) is 5.74. The molecule has 2 atom stereocenters. The number of hydrogen-bond donors (Lipinski definition) is 1. The quantitative estimate of drug-likeness (QED) is 0.667. The predicted molar refractivity (Wildman–Crippen MR) is 77.5 cm³/mol. The summed E-state index contributed by atoms with van der Waals surface area (Å²) in [5.74, 6) is 0.169. The molecule has 1 aliphatic heterocycles.